The SMILES string of the molecule is CCCCC#C[C@H](O)[C@@H](N)CO. The lowest BCUT2D eigenvalue weighted by Gasteiger charge is -2.09. The van der Waals surface area contributed by atoms with Gasteiger partial charge in [-0.05, 0) is 6.42 Å². The lowest BCUT2D eigenvalue weighted by molar-refractivity contribution is 0.150. The van der Waals surface area contributed by atoms with E-state index in [0.29, 0.717) is 0 Å². The molecule has 2 atom stereocenters. The second-order valence-electron chi connectivity index (χ2n) is 2.72. The highest BCUT2D eigenvalue weighted by Crippen LogP contribution is 1.92. The summed E-state index contributed by atoms with van der Waals surface area (Å²) in [4.78, 5) is 0. The Labute approximate surface area is 73.6 Å². The van der Waals surface area contributed by atoms with Crippen LogP contribution in [0.25, 0.3) is 0 Å². The molecule has 0 heterocycles. The first-order valence-electron chi connectivity index (χ1n) is 4.25. The Kier molecular flexibility index (Phi) is 6.78. The van der Waals surface area contributed by atoms with Gasteiger partial charge in [0.25, 0.3) is 0 Å². The molecule has 0 bridgehead atoms. The van der Waals surface area contributed by atoms with Crippen LogP contribution in [-0.2, 0) is 0 Å². The van der Waals surface area contributed by atoms with E-state index in [1.165, 1.54) is 0 Å². The molecule has 0 aromatic heterocycles. The lowest BCUT2D eigenvalue weighted by Crippen LogP contribution is -2.36. The molecular weight excluding hydrogens is 154 g/mol. The molecule has 0 aliphatic heterocycles. The summed E-state index contributed by atoms with van der Waals surface area (Å²) in [5.74, 6) is 5.40. The van der Waals surface area contributed by atoms with Gasteiger partial charge in [0.15, 0.2) is 0 Å². The van der Waals surface area contributed by atoms with E-state index in [2.05, 4.69) is 18.8 Å². The number of rotatable bonds is 4. The molecule has 0 aliphatic carbocycles. The molecule has 3 heteroatoms. The van der Waals surface area contributed by atoms with Crippen molar-refractivity contribution in [3.8, 4) is 11.8 Å². The fraction of sp³-hybridized carbons (Fsp3) is 0.778. The molecule has 0 fully saturated rings. The molecule has 0 aromatic rings. The third-order valence-corrected chi connectivity index (χ3v) is 1.52. The molecule has 0 saturated heterocycles. The summed E-state index contributed by atoms with van der Waals surface area (Å²) in [6, 6.07) is -0.640. The number of nitrogens with two attached hydrogens (primary N) is 1. The van der Waals surface area contributed by atoms with Crippen LogP contribution in [0.4, 0.5) is 0 Å². The quantitative estimate of drug-likeness (QED) is 0.407. The number of hydrogen-bond acceptors (Lipinski definition) is 3. The summed E-state index contributed by atoms with van der Waals surface area (Å²) >= 11 is 0. The summed E-state index contributed by atoms with van der Waals surface area (Å²) in [7, 11) is 0. The fourth-order valence-electron chi connectivity index (χ4n) is 0.649. The summed E-state index contributed by atoms with van der Waals surface area (Å²) in [6.07, 6.45) is 2.02. The molecule has 0 rings (SSSR count). The van der Waals surface area contributed by atoms with Crippen LogP contribution < -0.4 is 5.73 Å². The third-order valence-electron chi connectivity index (χ3n) is 1.52. The zero-order chi connectivity index (χ0) is 9.40. The lowest BCUT2D eigenvalue weighted by atomic mass is 10.2. The molecule has 0 aromatic carbocycles. The first-order valence-corrected chi connectivity index (χ1v) is 4.25. The smallest absolute Gasteiger partial charge is 0.131 e. The molecule has 0 radical (unpaired) electrons. The van der Waals surface area contributed by atoms with Crippen LogP contribution in [0, 0.1) is 11.8 Å². The third kappa shape index (κ3) is 5.14. The van der Waals surface area contributed by atoms with Crippen LogP contribution in [-0.4, -0.2) is 29.0 Å². The monoisotopic (exact) mass is 171 g/mol. The Bertz CT molecular complexity index is 160. The van der Waals surface area contributed by atoms with Crippen molar-refractivity contribution in [1.82, 2.24) is 0 Å². The summed E-state index contributed by atoms with van der Waals surface area (Å²) in [6.45, 7) is 1.85. The van der Waals surface area contributed by atoms with Gasteiger partial charge in [-0.2, -0.15) is 0 Å². The van der Waals surface area contributed by atoms with E-state index in [0.717, 1.165) is 19.3 Å². The van der Waals surface area contributed by atoms with Crippen LogP contribution in [0.5, 0.6) is 0 Å². The first-order chi connectivity index (χ1) is 5.72. The minimum absolute atomic E-state index is 0.233. The Balaban J connectivity index is 3.63. The van der Waals surface area contributed by atoms with E-state index in [-0.39, 0.29) is 6.61 Å². The van der Waals surface area contributed by atoms with Crippen LogP contribution in [0.2, 0.25) is 0 Å². The van der Waals surface area contributed by atoms with E-state index >= 15 is 0 Å². The van der Waals surface area contributed by atoms with Gasteiger partial charge in [-0.15, -0.1) is 5.92 Å². The molecule has 0 unspecified atom stereocenters. The van der Waals surface area contributed by atoms with E-state index < -0.39 is 12.1 Å². The van der Waals surface area contributed by atoms with E-state index in [4.69, 9.17) is 15.9 Å². The van der Waals surface area contributed by atoms with Crippen LogP contribution in [0.1, 0.15) is 26.2 Å². The van der Waals surface area contributed by atoms with Gasteiger partial charge in [0, 0.05) is 6.42 Å². The standard InChI is InChI=1S/C9H17NO2/c1-2-3-4-5-6-9(12)8(10)7-11/h8-9,11-12H,2-4,7,10H2,1H3/t8-,9-/m0/s1. The van der Waals surface area contributed by atoms with E-state index in [1.807, 2.05) is 0 Å². The summed E-state index contributed by atoms with van der Waals surface area (Å²) < 4.78 is 0. The van der Waals surface area contributed by atoms with Crippen molar-refractivity contribution in [2.75, 3.05) is 6.61 Å². The number of aliphatic hydroxyl groups excluding tert-OH is 2. The average molecular weight is 171 g/mol. The summed E-state index contributed by atoms with van der Waals surface area (Å²) in [5.41, 5.74) is 5.33. The van der Waals surface area contributed by atoms with Gasteiger partial charge in [0.2, 0.25) is 0 Å². The van der Waals surface area contributed by atoms with Crippen molar-refractivity contribution < 1.29 is 10.2 Å². The maximum Gasteiger partial charge on any atom is 0.131 e. The largest absolute Gasteiger partial charge is 0.395 e. The molecule has 70 valence electrons. The summed E-state index contributed by atoms with van der Waals surface area (Å²) in [5, 5.41) is 17.7. The normalized spacial score (nSPS) is 14.7. The molecule has 3 nitrogen and oxygen atoms in total. The maximum absolute atomic E-state index is 9.16. The zero-order valence-electron chi connectivity index (χ0n) is 7.45. The van der Waals surface area contributed by atoms with Crippen LogP contribution in [0.3, 0.4) is 0 Å². The minimum atomic E-state index is -0.896. The molecule has 4 N–H and O–H groups in total. The van der Waals surface area contributed by atoms with Crippen molar-refractivity contribution in [3.63, 3.8) is 0 Å². The van der Waals surface area contributed by atoms with Crippen molar-refractivity contribution in [2.24, 2.45) is 5.73 Å². The fourth-order valence-corrected chi connectivity index (χ4v) is 0.649. The van der Waals surface area contributed by atoms with Crippen molar-refractivity contribution in [2.45, 2.75) is 38.3 Å². The number of unbranched alkanes of at least 4 members (excludes halogenated alkanes) is 2. The molecule has 12 heavy (non-hydrogen) atoms. The van der Waals surface area contributed by atoms with E-state index in [1.54, 1.807) is 0 Å². The van der Waals surface area contributed by atoms with Crippen LogP contribution in [0.15, 0.2) is 0 Å². The second kappa shape index (κ2) is 7.11. The molecule has 0 aliphatic rings. The minimum Gasteiger partial charge on any atom is -0.395 e. The van der Waals surface area contributed by atoms with Gasteiger partial charge in [-0.25, -0.2) is 0 Å². The van der Waals surface area contributed by atoms with Gasteiger partial charge in [-0.3, -0.25) is 0 Å². The van der Waals surface area contributed by atoms with Gasteiger partial charge in [-0.1, -0.05) is 19.3 Å². The Morgan fingerprint density at radius 3 is 2.67 bits per heavy atom. The highest BCUT2D eigenvalue weighted by molar-refractivity contribution is 5.07. The molecule has 0 amide bonds. The van der Waals surface area contributed by atoms with Crippen molar-refractivity contribution in [3.05, 3.63) is 0 Å². The highest BCUT2D eigenvalue weighted by atomic mass is 16.3. The Morgan fingerprint density at radius 1 is 1.50 bits per heavy atom. The Hall–Kier alpha value is -0.560. The average Bonchev–Trinajstić information content (AvgIpc) is 2.10. The molecule has 0 saturated carbocycles. The second-order valence-corrected chi connectivity index (χ2v) is 2.72. The van der Waals surface area contributed by atoms with Gasteiger partial charge >= 0.3 is 0 Å². The zero-order valence-corrected chi connectivity index (χ0v) is 7.45. The number of aliphatic hydroxyl groups is 2. The van der Waals surface area contributed by atoms with Gasteiger partial charge in [0.1, 0.15) is 6.10 Å². The molecule has 0 spiro atoms. The highest BCUT2D eigenvalue weighted by Gasteiger charge is 2.08. The van der Waals surface area contributed by atoms with Crippen molar-refractivity contribution >= 4 is 0 Å². The first kappa shape index (κ1) is 11.4. The Morgan fingerprint density at radius 2 is 2.17 bits per heavy atom. The molecular formula is C9H17NO2. The maximum atomic E-state index is 9.16. The number of hydrogen-bond donors (Lipinski definition) is 3. The van der Waals surface area contributed by atoms with Gasteiger partial charge < -0.3 is 15.9 Å². The van der Waals surface area contributed by atoms with Gasteiger partial charge in [0.05, 0.1) is 12.6 Å². The predicted octanol–water partition coefficient (Wildman–Crippen LogP) is -0.140. The predicted molar refractivity (Wildman–Crippen MR) is 48.4 cm³/mol. The topological polar surface area (TPSA) is 66.5 Å². The van der Waals surface area contributed by atoms with Crippen molar-refractivity contribution in [1.29, 1.82) is 0 Å². The van der Waals surface area contributed by atoms with E-state index in [9.17, 15) is 0 Å². The van der Waals surface area contributed by atoms with Crippen LogP contribution >= 0.6 is 0 Å².